The lowest BCUT2D eigenvalue weighted by molar-refractivity contribution is -0.270. The van der Waals surface area contributed by atoms with Gasteiger partial charge in [-0.25, -0.2) is 4.68 Å². The minimum Gasteiger partial charge on any atom is -0.463 e. The van der Waals surface area contributed by atoms with Gasteiger partial charge in [0.15, 0.2) is 24.5 Å². The second-order valence-electron chi connectivity index (χ2n) is 15.9. The molecule has 7 rings (SSSR count). The standard InChI is InChI=1S/C47H56N6O12/c1-9-50(10-2)33-17-19-37-39(23-33)64-40-24-34(51(11-3)12-4)18-20-38(40)47(37)36-16-14-13-15-35(36)45(58)52(47)21-22-59-26-32-25-53(49-48-32)46-44(63-31(8)57)43(62-30(7)56)42(61-29(6)55)41(65-46)27-60-28(5)54/h13-20,23-25,41-44,46H,9-12,21-22,26-27H2,1-8H3/t41-,42-,43+,44-,46-/m1/s1. The van der Waals surface area contributed by atoms with Gasteiger partial charge in [0.2, 0.25) is 0 Å². The number of benzene rings is 3. The van der Waals surface area contributed by atoms with Crippen molar-refractivity contribution in [2.24, 2.45) is 0 Å². The van der Waals surface area contributed by atoms with Crippen LogP contribution in [-0.4, -0.2) is 120 Å². The Bertz CT molecular complexity index is 2350. The highest BCUT2D eigenvalue weighted by atomic mass is 16.7. The van der Waals surface area contributed by atoms with Crippen molar-refractivity contribution in [2.75, 3.05) is 55.7 Å². The molecule has 4 heterocycles. The minimum atomic E-state index is -1.38. The van der Waals surface area contributed by atoms with Gasteiger partial charge in [-0.3, -0.25) is 24.0 Å². The molecule has 0 unspecified atom stereocenters. The molecule has 1 amide bonds. The number of esters is 4. The lowest BCUT2D eigenvalue weighted by Gasteiger charge is -2.44. The highest BCUT2D eigenvalue weighted by Crippen LogP contribution is 2.58. The normalized spacial score (nSPS) is 20.2. The molecule has 1 saturated heterocycles. The highest BCUT2D eigenvalue weighted by molar-refractivity contribution is 6.02. The van der Waals surface area contributed by atoms with Crippen LogP contribution >= 0.6 is 0 Å². The summed E-state index contributed by atoms with van der Waals surface area (Å²) in [5, 5.41) is 8.51. The van der Waals surface area contributed by atoms with Crippen molar-refractivity contribution in [1.29, 1.82) is 0 Å². The smallest absolute Gasteiger partial charge is 0.303 e. The molecule has 0 radical (unpaired) electrons. The van der Waals surface area contributed by atoms with Gasteiger partial charge in [-0.05, 0) is 51.5 Å². The third-order valence-corrected chi connectivity index (χ3v) is 11.9. The summed E-state index contributed by atoms with van der Waals surface area (Å²) >= 11 is 0. The van der Waals surface area contributed by atoms with Gasteiger partial charge in [-0.1, -0.05) is 35.5 Å². The first-order valence-electron chi connectivity index (χ1n) is 21.9. The average molecular weight is 897 g/mol. The molecule has 3 aliphatic heterocycles. The van der Waals surface area contributed by atoms with E-state index in [1.807, 2.05) is 29.2 Å². The molecule has 65 heavy (non-hydrogen) atoms. The molecule has 1 spiro atoms. The molecule has 1 aromatic heterocycles. The molecule has 4 aromatic rings. The average Bonchev–Trinajstić information content (AvgIpc) is 3.84. The van der Waals surface area contributed by atoms with E-state index in [9.17, 15) is 24.0 Å². The van der Waals surface area contributed by atoms with E-state index < -0.39 is 66.7 Å². The number of ether oxygens (including phenoxy) is 7. The number of fused-ring (bicyclic) bond motifs is 6. The number of carbonyl (C=O) groups excluding carboxylic acids is 5. The SMILES string of the molecule is CCN(CC)c1ccc2c(c1)Oc1cc(N(CC)CC)ccc1C21c2ccccc2C(=O)N1CCOCc1cn([C@@H]2O[C@H](COC(C)=O)[C@@H](OC(C)=O)[C@H](OC(C)=O)[C@H]2OC(C)=O)nn1. The molecule has 0 bridgehead atoms. The fourth-order valence-corrected chi connectivity index (χ4v) is 9.16. The zero-order valence-electron chi connectivity index (χ0n) is 38.0. The molecule has 5 atom stereocenters. The Hall–Kier alpha value is -6.53. The van der Waals surface area contributed by atoms with E-state index in [4.69, 9.17) is 33.2 Å². The summed E-state index contributed by atoms with van der Waals surface area (Å²) < 4.78 is 42.4. The first-order chi connectivity index (χ1) is 31.2. The Kier molecular flexibility index (Phi) is 14.1. The maximum Gasteiger partial charge on any atom is 0.303 e. The molecular weight excluding hydrogens is 841 g/mol. The largest absolute Gasteiger partial charge is 0.463 e. The molecular formula is C47H56N6O12. The molecule has 0 aliphatic carbocycles. The zero-order valence-corrected chi connectivity index (χ0v) is 38.0. The van der Waals surface area contributed by atoms with E-state index in [0.29, 0.717) is 22.8 Å². The van der Waals surface area contributed by atoms with Crippen LogP contribution in [0.2, 0.25) is 0 Å². The Morgan fingerprint density at radius 2 is 1.29 bits per heavy atom. The summed E-state index contributed by atoms with van der Waals surface area (Å²) in [5.74, 6) is -1.72. The summed E-state index contributed by atoms with van der Waals surface area (Å²) in [5.41, 5.74) is 4.41. The van der Waals surface area contributed by atoms with Gasteiger partial charge in [0.05, 0.1) is 19.4 Å². The fraction of sp³-hybridized carbons (Fsp3) is 0.468. The van der Waals surface area contributed by atoms with Gasteiger partial charge in [-0.15, -0.1) is 5.10 Å². The number of aromatic nitrogens is 3. The van der Waals surface area contributed by atoms with Crippen LogP contribution in [0, 0.1) is 0 Å². The third kappa shape index (κ3) is 9.09. The number of nitrogens with zero attached hydrogens (tertiary/aromatic N) is 6. The monoisotopic (exact) mass is 896 g/mol. The summed E-state index contributed by atoms with van der Waals surface area (Å²) in [6.45, 7) is 16.2. The third-order valence-electron chi connectivity index (χ3n) is 11.9. The molecule has 1 fully saturated rings. The molecule has 0 N–H and O–H groups in total. The quantitative estimate of drug-likeness (QED) is 0.0754. The maximum atomic E-state index is 14.7. The van der Waals surface area contributed by atoms with Crippen molar-refractivity contribution in [3.63, 3.8) is 0 Å². The van der Waals surface area contributed by atoms with Gasteiger partial charge in [0, 0.05) is 101 Å². The number of hydrogen-bond acceptors (Lipinski definition) is 16. The summed E-state index contributed by atoms with van der Waals surface area (Å²) in [7, 11) is 0. The van der Waals surface area contributed by atoms with Crippen LogP contribution in [0.15, 0.2) is 66.9 Å². The summed E-state index contributed by atoms with van der Waals surface area (Å²) in [6, 6.07) is 20.1. The molecule has 18 nitrogen and oxygen atoms in total. The van der Waals surface area contributed by atoms with Gasteiger partial charge in [-0.2, -0.15) is 0 Å². The molecule has 18 heteroatoms. The lowest BCUT2D eigenvalue weighted by Crippen LogP contribution is -2.60. The Morgan fingerprint density at radius 3 is 1.86 bits per heavy atom. The summed E-state index contributed by atoms with van der Waals surface area (Å²) in [4.78, 5) is 69.9. The lowest BCUT2D eigenvalue weighted by atomic mass is 9.74. The predicted octanol–water partition coefficient (Wildman–Crippen LogP) is 5.30. The van der Waals surface area contributed by atoms with Crippen LogP contribution in [0.5, 0.6) is 11.5 Å². The molecule has 346 valence electrons. The topological polar surface area (TPSA) is 190 Å². The maximum absolute atomic E-state index is 14.7. The first-order valence-corrected chi connectivity index (χ1v) is 21.9. The van der Waals surface area contributed by atoms with Gasteiger partial charge in [0.25, 0.3) is 5.91 Å². The van der Waals surface area contributed by atoms with E-state index in [0.717, 1.165) is 75.0 Å². The van der Waals surface area contributed by atoms with Crippen LogP contribution in [0.4, 0.5) is 11.4 Å². The molecule has 0 saturated carbocycles. The van der Waals surface area contributed by atoms with E-state index in [1.54, 1.807) is 0 Å². The van der Waals surface area contributed by atoms with E-state index in [2.05, 4.69) is 84.2 Å². The van der Waals surface area contributed by atoms with Crippen molar-refractivity contribution in [3.05, 3.63) is 94.8 Å². The number of hydrogen-bond donors (Lipinski definition) is 0. The van der Waals surface area contributed by atoms with Crippen molar-refractivity contribution >= 4 is 41.2 Å². The summed E-state index contributed by atoms with van der Waals surface area (Å²) in [6.07, 6.45) is -5.03. The number of carbonyl (C=O) groups is 5. The van der Waals surface area contributed by atoms with Crippen molar-refractivity contribution in [2.45, 2.75) is 98.2 Å². The van der Waals surface area contributed by atoms with Crippen molar-refractivity contribution in [3.8, 4) is 11.5 Å². The first kappa shape index (κ1) is 46.5. The van der Waals surface area contributed by atoms with Gasteiger partial charge in [0.1, 0.15) is 35.4 Å². The number of anilines is 2. The van der Waals surface area contributed by atoms with Crippen LogP contribution in [-0.2, 0) is 59.7 Å². The van der Waals surface area contributed by atoms with E-state index >= 15 is 0 Å². The highest BCUT2D eigenvalue weighted by Gasteiger charge is 2.57. The van der Waals surface area contributed by atoms with E-state index in [-0.39, 0.29) is 25.7 Å². The number of amides is 1. The van der Waals surface area contributed by atoms with Crippen molar-refractivity contribution in [1.82, 2.24) is 19.9 Å². The van der Waals surface area contributed by atoms with Gasteiger partial charge >= 0.3 is 23.9 Å². The van der Waals surface area contributed by atoms with Crippen molar-refractivity contribution < 1.29 is 57.1 Å². The fourth-order valence-electron chi connectivity index (χ4n) is 9.16. The predicted molar refractivity (Wildman–Crippen MR) is 234 cm³/mol. The van der Waals surface area contributed by atoms with Crippen LogP contribution in [0.25, 0.3) is 0 Å². The van der Waals surface area contributed by atoms with Gasteiger partial charge < -0.3 is 47.9 Å². The van der Waals surface area contributed by atoms with Crippen LogP contribution in [0.3, 0.4) is 0 Å². The van der Waals surface area contributed by atoms with Crippen LogP contribution < -0.4 is 14.5 Å². The Labute approximate surface area is 377 Å². The number of rotatable bonds is 17. The molecule has 3 aromatic carbocycles. The minimum absolute atomic E-state index is 0.0516. The Balaban J connectivity index is 1.19. The molecule has 3 aliphatic rings. The van der Waals surface area contributed by atoms with Crippen LogP contribution in [0.1, 0.15) is 94.4 Å². The second-order valence-corrected chi connectivity index (χ2v) is 15.9. The van der Waals surface area contributed by atoms with E-state index in [1.165, 1.54) is 17.8 Å². The zero-order chi connectivity index (χ0) is 46.6. The Morgan fingerprint density at radius 1 is 0.723 bits per heavy atom. The second kappa shape index (κ2) is 19.7.